The number of ether oxygens (including phenoxy) is 1. The first-order valence-electron chi connectivity index (χ1n) is 11.4. The highest BCUT2D eigenvalue weighted by Crippen LogP contribution is 2.35. The van der Waals surface area contributed by atoms with Crippen molar-refractivity contribution in [2.45, 2.75) is 44.6 Å². The molecule has 0 bridgehead atoms. The first-order valence-corrected chi connectivity index (χ1v) is 13.8. The van der Waals surface area contributed by atoms with Crippen molar-refractivity contribution in [2.75, 3.05) is 18.5 Å². The van der Waals surface area contributed by atoms with Crippen LogP contribution < -0.4 is 10.0 Å². The monoisotopic (exact) mass is 534 g/mol. The maximum Gasteiger partial charge on any atom is 0.333 e. The van der Waals surface area contributed by atoms with Crippen molar-refractivity contribution in [3.05, 3.63) is 57.4 Å². The molecule has 36 heavy (non-hydrogen) atoms. The van der Waals surface area contributed by atoms with Crippen LogP contribution in [-0.4, -0.2) is 68.9 Å². The van der Waals surface area contributed by atoms with Gasteiger partial charge in [-0.2, -0.15) is 18.2 Å². The number of thiophene rings is 1. The van der Waals surface area contributed by atoms with Gasteiger partial charge in [-0.1, -0.05) is 0 Å². The van der Waals surface area contributed by atoms with Crippen LogP contribution in [-0.2, 0) is 21.6 Å². The highest BCUT2D eigenvalue weighted by atomic mass is 32.2. The first-order chi connectivity index (χ1) is 17.2. The summed E-state index contributed by atoms with van der Waals surface area (Å²) in [7, 11) is -4.34. The van der Waals surface area contributed by atoms with Crippen molar-refractivity contribution in [1.29, 1.82) is 0 Å². The second kappa shape index (κ2) is 9.95. The van der Waals surface area contributed by atoms with Crippen molar-refractivity contribution in [1.82, 2.24) is 24.5 Å². The number of aliphatic hydroxyl groups is 1. The molecular formula is C22H26N6O6S2. The molecule has 4 N–H and O–H groups in total. The van der Waals surface area contributed by atoms with E-state index in [1.807, 2.05) is 34.0 Å². The molecule has 2 aliphatic rings. The number of aryl methyl sites for hydroxylation is 1. The van der Waals surface area contributed by atoms with Crippen LogP contribution >= 0.6 is 11.3 Å². The van der Waals surface area contributed by atoms with Gasteiger partial charge in [0.15, 0.2) is 0 Å². The SMILES string of the molecule is Cc1cnn2c1[C@H](c1csc(C(=O)c3cncnc3N[C@@H]3C[C@H](CNS(=O)(=O)O)[C@@H](O)C3)c1)OCC2. The van der Waals surface area contributed by atoms with E-state index < -0.39 is 22.3 Å². The maximum atomic E-state index is 13.4. The molecule has 1 saturated carbocycles. The molecular weight excluding hydrogens is 508 g/mol. The third-order valence-electron chi connectivity index (χ3n) is 6.54. The lowest BCUT2D eigenvalue weighted by Crippen LogP contribution is -2.32. The number of rotatable bonds is 8. The Kier molecular flexibility index (Phi) is 6.89. The molecule has 0 unspecified atom stereocenters. The number of nitrogens with zero attached hydrogens (tertiary/aromatic N) is 4. The summed E-state index contributed by atoms with van der Waals surface area (Å²) in [5.74, 6) is -0.287. The number of aromatic nitrogens is 4. The number of hydrogen-bond acceptors (Lipinski definition) is 10. The van der Waals surface area contributed by atoms with Gasteiger partial charge in [-0.25, -0.2) is 9.97 Å². The Morgan fingerprint density at radius 2 is 2.17 bits per heavy atom. The van der Waals surface area contributed by atoms with Crippen LogP contribution in [0, 0.1) is 12.8 Å². The van der Waals surface area contributed by atoms with Gasteiger partial charge in [0.05, 0.1) is 41.6 Å². The average molecular weight is 535 g/mol. The van der Waals surface area contributed by atoms with E-state index in [9.17, 15) is 18.3 Å². The van der Waals surface area contributed by atoms with Gasteiger partial charge in [0.1, 0.15) is 18.2 Å². The Hall–Kier alpha value is -2.75. The summed E-state index contributed by atoms with van der Waals surface area (Å²) in [5, 5.41) is 19.8. The number of fused-ring (bicyclic) bond motifs is 1. The normalized spacial score (nSPS) is 24.0. The van der Waals surface area contributed by atoms with Crippen LogP contribution in [0.2, 0.25) is 0 Å². The lowest BCUT2D eigenvalue weighted by molar-refractivity contribution is 0.0420. The topological polar surface area (TPSA) is 169 Å². The van der Waals surface area contributed by atoms with Crippen LogP contribution in [0.5, 0.6) is 0 Å². The van der Waals surface area contributed by atoms with Crippen LogP contribution in [0.3, 0.4) is 0 Å². The van der Waals surface area contributed by atoms with Gasteiger partial charge in [-0.3, -0.25) is 14.0 Å². The van der Waals surface area contributed by atoms with E-state index >= 15 is 0 Å². The number of ketones is 1. The molecule has 4 atom stereocenters. The molecule has 0 saturated heterocycles. The van der Waals surface area contributed by atoms with E-state index in [2.05, 4.69) is 20.4 Å². The Morgan fingerprint density at radius 3 is 2.97 bits per heavy atom. The standard InChI is InChI=1S/C22H26N6O6S2/c1-12-7-25-28-2-3-34-21(19(12)28)14-5-18(35-10-14)20(30)16-9-23-11-24-22(16)27-15-4-13(17(29)6-15)8-26-36(31,32)33/h5,7,9-11,13,15,17,21,26,29H,2-4,6,8H2,1H3,(H,23,24,27)(H,31,32,33)/t13-,15-,17+,21+/m1/s1. The number of nitrogens with one attached hydrogen (secondary N) is 2. The molecule has 4 heterocycles. The Morgan fingerprint density at radius 1 is 1.33 bits per heavy atom. The van der Waals surface area contributed by atoms with Gasteiger partial charge >= 0.3 is 10.3 Å². The molecule has 192 valence electrons. The predicted molar refractivity (Wildman–Crippen MR) is 130 cm³/mol. The van der Waals surface area contributed by atoms with Crippen LogP contribution in [0.1, 0.15) is 51.0 Å². The fourth-order valence-electron chi connectivity index (χ4n) is 4.80. The van der Waals surface area contributed by atoms with E-state index in [0.717, 1.165) is 16.8 Å². The van der Waals surface area contributed by atoms with Crippen LogP contribution in [0.4, 0.5) is 5.82 Å². The highest BCUT2D eigenvalue weighted by Gasteiger charge is 2.34. The Balaban J connectivity index is 1.31. The van der Waals surface area contributed by atoms with Crippen molar-refractivity contribution in [3.63, 3.8) is 0 Å². The van der Waals surface area contributed by atoms with Gasteiger partial charge in [0, 0.05) is 24.7 Å². The third kappa shape index (κ3) is 5.19. The molecule has 5 rings (SSSR count). The fraction of sp³-hybridized carbons (Fsp3) is 0.455. The summed E-state index contributed by atoms with van der Waals surface area (Å²) in [6.45, 7) is 3.12. The van der Waals surface area contributed by atoms with Crippen LogP contribution in [0.25, 0.3) is 0 Å². The van der Waals surface area contributed by atoms with E-state index in [1.165, 1.54) is 23.9 Å². The second-order valence-corrected chi connectivity index (χ2v) is 11.2. The molecule has 3 aromatic rings. The lowest BCUT2D eigenvalue weighted by Gasteiger charge is -2.24. The largest absolute Gasteiger partial charge is 0.393 e. The van der Waals surface area contributed by atoms with Gasteiger partial charge in [-0.15, -0.1) is 11.3 Å². The summed E-state index contributed by atoms with van der Waals surface area (Å²) in [4.78, 5) is 22.2. The van der Waals surface area contributed by atoms with Crippen molar-refractivity contribution < 1.29 is 27.6 Å². The summed E-state index contributed by atoms with van der Waals surface area (Å²) < 4.78 is 40.8. The summed E-state index contributed by atoms with van der Waals surface area (Å²) in [6, 6.07) is 1.58. The molecule has 1 fully saturated rings. The molecule has 0 spiro atoms. The van der Waals surface area contributed by atoms with Crippen LogP contribution in [0.15, 0.2) is 30.2 Å². The average Bonchev–Trinajstić information content (AvgIpc) is 3.56. The van der Waals surface area contributed by atoms with Crippen molar-refractivity contribution >= 4 is 33.2 Å². The molecule has 14 heteroatoms. The quantitative estimate of drug-likeness (QED) is 0.244. The summed E-state index contributed by atoms with van der Waals surface area (Å²) in [5.41, 5.74) is 3.20. The number of carbonyl (C=O) groups excluding carboxylic acids is 1. The van der Waals surface area contributed by atoms with Crippen molar-refractivity contribution in [2.24, 2.45) is 5.92 Å². The number of aliphatic hydroxyl groups excluding tert-OH is 1. The first kappa shape index (κ1) is 24.9. The van der Waals surface area contributed by atoms with Gasteiger partial charge in [0.25, 0.3) is 0 Å². The molecule has 1 aliphatic heterocycles. The zero-order chi connectivity index (χ0) is 25.4. The highest BCUT2D eigenvalue weighted by molar-refractivity contribution is 7.83. The smallest absolute Gasteiger partial charge is 0.333 e. The minimum atomic E-state index is -4.34. The summed E-state index contributed by atoms with van der Waals surface area (Å²) >= 11 is 1.32. The lowest BCUT2D eigenvalue weighted by atomic mass is 10.0. The minimum Gasteiger partial charge on any atom is -0.393 e. The zero-order valence-electron chi connectivity index (χ0n) is 19.4. The predicted octanol–water partition coefficient (Wildman–Crippen LogP) is 1.34. The third-order valence-corrected chi connectivity index (χ3v) is 8.02. The zero-order valence-corrected chi connectivity index (χ0v) is 21.0. The Bertz CT molecular complexity index is 1370. The van der Waals surface area contributed by atoms with E-state index in [0.29, 0.717) is 42.3 Å². The van der Waals surface area contributed by atoms with E-state index in [-0.39, 0.29) is 24.5 Å². The van der Waals surface area contributed by atoms with Gasteiger partial charge in [0.2, 0.25) is 5.78 Å². The molecule has 1 aliphatic carbocycles. The second-order valence-electron chi connectivity index (χ2n) is 9.01. The van der Waals surface area contributed by atoms with E-state index in [4.69, 9.17) is 9.29 Å². The van der Waals surface area contributed by atoms with Gasteiger partial charge in [-0.05, 0) is 42.3 Å². The molecule has 12 nitrogen and oxygen atoms in total. The Labute approximate surface area is 211 Å². The number of hydrogen-bond donors (Lipinski definition) is 4. The molecule has 3 aromatic heterocycles. The fourth-order valence-corrected chi connectivity index (χ4v) is 6.10. The van der Waals surface area contributed by atoms with Crippen molar-refractivity contribution in [3.8, 4) is 0 Å². The molecule has 0 amide bonds. The van der Waals surface area contributed by atoms with Gasteiger partial charge < -0.3 is 15.2 Å². The molecule has 0 aromatic carbocycles. The summed E-state index contributed by atoms with van der Waals surface area (Å²) in [6.07, 6.45) is 4.30. The van der Waals surface area contributed by atoms with E-state index in [1.54, 1.807) is 0 Å². The number of anilines is 1. The molecule has 0 radical (unpaired) electrons. The minimum absolute atomic E-state index is 0.0900. The number of carbonyl (C=O) groups is 1. The maximum absolute atomic E-state index is 13.4.